The molecule has 0 saturated carbocycles. The predicted molar refractivity (Wildman–Crippen MR) is 101 cm³/mol. The van der Waals surface area contributed by atoms with E-state index < -0.39 is 0 Å². The monoisotopic (exact) mass is 345 g/mol. The highest BCUT2D eigenvalue weighted by atomic mass is 19.1. The van der Waals surface area contributed by atoms with Gasteiger partial charge in [0.2, 0.25) is 0 Å². The summed E-state index contributed by atoms with van der Waals surface area (Å²) in [6.07, 6.45) is 3.44. The van der Waals surface area contributed by atoms with Gasteiger partial charge in [-0.2, -0.15) is 0 Å². The van der Waals surface area contributed by atoms with Gasteiger partial charge in [-0.05, 0) is 59.0 Å². The molecule has 1 aromatic carbocycles. The van der Waals surface area contributed by atoms with Gasteiger partial charge in [-0.15, -0.1) is 0 Å². The van der Waals surface area contributed by atoms with Crippen LogP contribution in [-0.2, 0) is 4.74 Å². The van der Waals surface area contributed by atoms with Gasteiger partial charge in [0.05, 0.1) is 6.10 Å². The van der Waals surface area contributed by atoms with Crippen LogP contribution < -0.4 is 4.90 Å². The summed E-state index contributed by atoms with van der Waals surface area (Å²) in [5, 5.41) is 0.899. The van der Waals surface area contributed by atoms with E-state index in [-0.39, 0.29) is 5.82 Å². The van der Waals surface area contributed by atoms with Crippen LogP contribution in [0.1, 0.15) is 25.0 Å². The number of aryl methyl sites for hydroxylation is 1. The normalized spacial score (nSPS) is 16.1. The van der Waals surface area contributed by atoms with E-state index in [1.54, 1.807) is 6.07 Å². The fourth-order valence-electron chi connectivity index (χ4n) is 3.48. The van der Waals surface area contributed by atoms with Gasteiger partial charge in [-0.25, -0.2) is 9.37 Å². The lowest BCUT2D eigenvalue weighted by atomic mass is 10.0. The van der Waals surface area contributed by atoms with Crippen LogP contribution >= 0.6 is 0 Å². The van der Waals surface area contributed by atoms with Crippen LogP contribution in [0.15, 0.2) is 24.3 Å². The number of rotatable bonds is 6. The van der Waals surface area contributed by atoms with Gasteiger partial charge in [0.1, 0.15) is 11.3 Å². The van der Waals surface area contributed by atoms with Crippen LogP contribution in [0.5, 0.6) is 0 Å². The highest BCUT2D eigenvalue weighted by molar-refractivity contribution is 5.92. The zero-order chi connectivity index (χ0) is 17.8. The molecule has 136 valence electrons. The summed E-state index contributed by atoms with van der Waals surface area (Å²) in [6, 6.07) is 7.27. The van der Waals surface area contributed by atoms with Crippen molar-refractivity contribution in [3.05, 3.63) is 35.8 Å². The molecule has 0 radical (unpaired) electrons. The largest absolute Gasteiger partial charge is 0.378 e. The molecule has 3 rings (SSSR count). The Hall–Kier alpha value is -1.72. The number of benzene rings is 1. The maximum absolute atomic E-state index is 14.1. The predicted octanol–water partition coefficient (Wildman–Crippen LogP) is 3.62. The summed E-state index contributed by atoms with van der Waals surface area (Å²) < 4.78 is 20.1. The van der Waals surface area contributed by atoms with Crippen molar-refractivity contribution in [1.29, 1.82) is 0 Å². The molecule has 5 heteroatoms. The van der Waals surface area contributed by atoms with Crippen molar-refractivity contribution in [3.8, 4) is 0 Å². The molecule has 2 heterocycles. The maximum atomic E-state index is 14.1. The van der Waals surface area contributed by atoms with Gasteiger partial charge in [-0.1, -0.05) is 12.1 Å². The number of halogens is 1. The Morgan fingerprint density at radius 1 is 1.28 bits per heavy atom. The number of fused-ring (bicyclic) bond motifs is 1. The number of aromatic nitrogens is 1. The fraction of sp³-hybridized carbons (Fsp3) is 0.550. The summed E-state index contributed by atoms with van der Waals surface area (Å²) in [7, 11) is 4.17. The van der Waals surface area contributed by atoms with Crippen molar-refractivity contribution >= 4 is 16.6 Å². The first kappa shape index (κ1) is 18.1. The summed E-state index contributed by atoms with van der Waals surface area (Å²) in [6.45, 7) is 5.69. The number of anilines is 1. The Kier molecular flexibility index (Phi) is 5.86. The van der Waals surface area contributed by atoms with Crippen molar-refractivity contribution < 1.29 is 9.13 Å². The highest BCUT2D eigenvalue weighted by Gasteiger charge is 2.22. The number of hydrogen-bond donors (Lipinski definition) is 0. The Balaban J connectivity index is 1.63. The number of pyridine rings is 1. The van der Waals surface area contributed by atoms with E-state index in [0.29, 0.717) is 11.6 Å². The van der Waals surface area contributed by atoms with Gasteiger partial charge in [-0.3, -0.25) is 0 Å². The molecule has 1 aromatic heterocycles. The van der Waals surface area contributed by atoms with Crippen LogP contribution in [0.3, 0.4) is 0 Å². The second kappa shape index (κ2) is 8.11. The quantitative estimate of drug-likeness (QED) is 0.748. The minimum Gasteiger partial charge on any atom is -0.378 e. The third-order valence-corrected chi connectivity index (χ3v) is 4.78. The molecule has 25 heavy (non-hydrogen) atoms. The number of ether oxygens (including phenoxy) is 1. The van der Waals surface area contributed by atoms with Crippen molar-refractivity contribution in [2.75, 3.05) is 45.2 Å². The van der Waals surface area contributed by atoms with Gasteiger partial charge in [0.25, 0.3) is 0 Å². The molecule has 1 saturated heterocycles. The summed E-state index contributed by atoms with van der Waals surface area (Å²) in [5.41, 5.74) is 2.42. The lowest BCUT2D eigenvalue weighted by Crippen LogP contribution is -2.37. The van der Waals surface area contributed by atoms with Gasteiger partial charge in [0.15, 0.2) is 0 Å². The number of para-hydroxylation sites is 1. The molecule has 1 fully saturated rings. The molecule has 4 nitrogen and oxygen atoms in total. The molecule has 0 atom stereocenters. The first-order valence-electron chi connectivity index (χ1n) is 9.12. The third-order valence-electron chi connectivity index (χ3n) is 4.78. The molecule has 1 aliphatic rings. The fourth-order valence-corrected chi connectivity index (χ4v) is 3.48. The molecule has 0 spiro atoms. The average molecular weight is 345 g/mol. The van der Waals surface area contributed by atoms with Gasteiger partial charge >= 0.3 is 0 Å². The molecule has 0 unspecified atom stereocenters. The second-order valence-corrected chi connectivity index (χ2v) is 7.13. The zero-order valence-corrected chi connectivity index (χ0v) is 15.5. The van der Waals surface area contributed by atoms with Crippen LogP contribution in [0.2, 0.25) is 0 Å². The third kappa shape index (κ3) is 4.47. The Morgan fingerprint density at radius 2 is 2.04 bits per heavy atom. The van der Waals surface area contributed by atoms with E-state index in [4.69, 9.17) is 4.74 Å². The van der Waals surface area contributed by atoms with E-state index in [2.05, 4.69) is 34.9 Å². The molecule has 0 aliphatic carbocycles. The lowest BCUT2D eigenvalue weighted by molar-refractivity contribution is 0.0333. The molecule has 0 bridgehead atoms. The first-order valence-corrected chi connectivity index (χ1v) is 9.12. The van der Waals surface area contributed by atoms with E-state index in [1.807, 2.05) is 13.0 Å². The molecule has 0 amide bonds. The molecule has 1 aliphatic heterocycles. The highest BCUT2D eigenvalue weighted by Crippen LogP contribution is 2.30. The van der Waals surface area contributed by atoms with Crippen LogP contribution in [0, 0.1) is 12.7 Å². The average Bonchev–Trinajstić information content (AvgIpc) is 2.59. The Labute approximate surface area is 149 Å². The van der Waals surface area contributed by atoms with Crippen molar-refractivity contribution in [1.82, 2.24) is 9.88 Å². The Bertz CT molecular complexity index is 711. The molecule has 2 aromatic rings. The van der Waals surface area contributed by atoms with Gasteiger partial charge < -0.3 is 14.5 Å². The minimum atomic E-state index is -0.249. The standard InChI is InChI=1S/C20H28FN3O/c1-15-14-19(17-6-4-7-18(21)20(17)22-15)24-11-8-16(9-12-24)25-13-5-10-23(2)3/h4,6-7,14,16H,5,8-13H2,1-3H3. The topological polar surface area (TPSA) is 28.6 Å². The van der Waals surface area contributed by atoms with Crippen LogP contribution in [0.4, 0.5) is 10.1 Å². The summed E-state index contributed by atoms with van der Waals surface area (Å²) >= 11 is 0. The number of hydrogen-bond acceptors (Lipinski definition) is 4. The zero-order valence-electron chi connectivity index (χ0n) is 15.5. The summed E-state index contributed by atoms with van der Waals surface area (Å²) in [5.74, 6) is -0.249. The van der Waals surface area contributed by atoms with E-state index in [1.165, 1.54) is 6.07 Å². The second-order valence-electron chi connectivity index (χ2n) is 7.13. The first-order chi connectivity index (χ1) is 12.0. The smallest absolute Gasteiger partial charge is 0.149 e. The van der Waals surface area contributed by atoms with Crippen LogP contribution in [0.25, 0.3) is 10.9 Å². The lowest BCUT2D eigenvalue weighted by Gasteiger charge is -2.34. The van der Waals surface area contributed by atoms with Gasteiger partial charge in [0, 0.05) is 36.5 Å². The summed E-state index contributed by atoms with van der Waals surface area (Å²) in [4.78, 5) is 8.91. The van der Waals surface area contributed by atoms with Crippen molar-refractivity contribution in [2.24, 2.45) is 0 Å². The van der Waals surface area contributed by atoms with E-state index in [9.17, 15) is 4.39 Å². The number of nitrogens with zero attached hydrogens (tertiary/aromatic N) is 3. The van der Waals surface area contributed by atoms with Crippen molar-refractivity contribution in [2.45, 2.75) is 32.3 Å². The number of piperidine rings is 1. The van der Waals surface area contributed by atoms with Crippen molar-refractivity contribution in [3.63, 3.8) is 0 Å². The minimum absolute atomic E-state index is 0.249. The Morgan fingerprint density at radius 3 is 2.76 bits per heavy atom. The van der Waals surface area contributed by atoms with E-state index >= 15 is 0 Å². The molecular weight excluding hydrogens is 317 g/mol. The maximum Gasteiger partial charge on any atom is 0.149 e. The SMILES string of the molecule is Cc1cc(N2CCC(OCCCN(C)C)CC2)c2cccc(F)c2n1. The van der Waals surface area contributed by atoms with E-state index in [0.717, 1.165) is 62.3 Å². The van der Waals surface area contributed by atoms with Crippen LogP contribution in [-0.4, -0.2) is 56.3 Å². The molecular formula is C20H28FN3O. The molecule has 0 N–H and O–H groups in total.